The van der Waals surface area contributed by atoms with Gasteiger partial charge in [0, 0.05) is 17.0 Å². The van der Waals surface area contributed by atoms with Gasteiger partial charge in [0.2, 0.25) is 11.6 Å². The Hall–Kier alpha value is -3.05. The van der Waals surface area contributed by atoms with Gasteiger partial charge in [-0.2, -0.15) is 0 Å². The van der Waals surface area contributed by atoms with E-state index < -0.39 is 11.6 Å². The highest BCUT2D eigenvalue weighted by molar-refractivity contribution is 7.99. The van der Waals surface area contributed by atoms with Crippen LogP contribution < -0.4 is 20.4 Å². The molecule has 1 amide bonds. The number of amides is 1. The molecular formula is C23H26N3O6S2+. The lowest BCUT2D eigenvalue weighted by molar-refractivity contribution is -0.704. The number of aromatic nitrogens is 2. The number of carbonyl (C=O) groups excluding carboxylic acids is 2. The number of hydrogen-bond donors (Lipinski definition) is 2. The van der Waals surface area contributed by atoms with Crippen LogP contribution in [0.25, 0.3) is 5.69 Å². The van der Waals surface area contributed by atoms with Gasteiger partial charge in [0.15, 0.2) is 0 Å². The zero-order valence-electron chi connectivity index (χ0n) is 19.0. The molecule has 1 aliphatic rings. The zero-order valence-corrected chi connectivity index (χ0v) is 20.6. The molecule has 2 heterocycles. The van der Waals surface area contributed by atoms with Crippen LogP contribution in [0, 0.1) is 0 Å². The number of esters is 1. The Kier molecular flexibility index (Phi) is 7.73. The maximum absolute atomic E-state index is 12.8. The summed E-state index contributed by atoms with van der Waals surface area (Å²) >= 11 is 2.49. The predicted octanol–water partition coefficient (Wildman–Crippen LogP) is 3.49. The first kappa shape index (κ1) is 24.1. The standard InChI is InChI=1S/C23H25N3O6S2/c1-3-31-22(28)19-16-7-5-4-6-8-17(16)34-20(19)24-18(27)13-33-21-23(29)32-25-26(21)14-9-11-15(30-2)12-10-14/h9-12H,3-8,13H2,1-2H3,(H-,24,25,27,28,29)/p+1. The molecule has 11 heteroatoms. The second-order valence-corrected chi connectivity index (χ2v) is 9.71. The smallest absolute Gasteiger partial charge is 0.442 e. The largest absolute Gasteiger partial charge is 0.497 e. The van der Waals surface area contributed by atoms with Gasteiger partial charge in [0.25, 0.3) is 0 Å². The molecule has 0 aliphatic heterocycles. The lowest BCUT2D eigenvalue weighted by atomic mass is 10.1. The number of nitrogens with one attached hydrogen (secondary N) is 2. The summed E-state index contributed by atoms with van der Waals surface area (Å²) in [5.74, 6) is -0.0956. The molecule has 0 unspecified atom stereocenters. The molecule has 0 saturated heterocycles. The van der Waals surface area contributed by atoms with Crippen LogP contribution in [0.3, 0.4) is 0 Å². The number of rotatable bonds is 8. The van der Waals surface area contributed by atoms with Crippen LogP contribution in [-0.4, -0.2) is 36.6 Å². The summed E-state index contributed by atoms with van der Waals surface area (Å²) in [4.78, 5) is 38.9. The number of nitrogens with zero attached hydrogens (tertiary/aromatic N) is 1. The molecular weight excluding hydrogens is 478 g/mol. The molecule has 2 aromatic heterocycles. The minimum atomic E-state index is -0.580. The van der Waals surface area contributed by atoms with Gasteiger partial charge < -0.3 is 14.8 Å². The number of H-pyrrole nitrogens is 1. The number of aryl methyl sites for hydroxylation is 1. The number of methoxy groups -OCH3 is 1. The molecule has 4 rings (SSSR count). The summed E-state index contributed by atoms with van der Waals surface area (Å²) < 4.78 is 16.8. The lowest BCUT2D eigenvalue weighted by Crippen LogP contribution is -2.36. The average Bonchev–Trinajstić information content (AvgIpc) is 3.28. The van der Waals surface area contributed by atoms with E-state index in [9.17, 15) is 14.4 Å². The van der Waals surface area contributed by atoms with Crippen molar-refractivity contribution in [2.45, 2.75) is 44.1 Å². The Labute approximate surface area is 204 Å². The van der Waals surface area contributed by atoms with Crippen molar-refractivity contribution in [3.63, 3.8) is 0 Å². The van der Waals surface area contributed by atoms with Crippen molar-refractivity contribution >= 4 is 40.0 Å². The average molecular weight is 505 g/mol. The van der Waals surface area contributed by atoms with Crippen LogP contribution in [0.1, 0.15) is 47.0 Å². The lowest BCUT2D eigenvalue weighted by Gasteiger charge is -2.08. The molecule has 0 bridgehead atoms. The zero-order chi connectivity index (χ0) is 24.1. The molecule has 0 radical (unpaired) electrons. The molecule has 0 saturated carbocycles. The van der Waals surface area contributed by atoms with Crippen molar-refractivity contribution in [3.05, 3.63) is 50.7 Å². The molecule has 0 atom stereocenters. The highest BCUT2D eigenvalue weighted by atomic mass is 32.2. The summed E-state index contributed by atoms with van der Waals surface area (Å²) in [5.41, 5.74) is 1.54. The Morgan fingerprint density at radius 1 is 1.21 bits per heavy atom. The first-order valence-electron chi connectivity index (χ1n) is 11.0. The number of thioether (sulfide) groups is 1. The summed E-state index contributed by atoms with van der Waals surface area (Å²) in [6, 6.07) is 7.04. The van der Waals surface area contributed by atoms with Crippen molar-refractivity contribution < 1.29 is 28.3 Å². The first-order chi connectivity index (χ1) is 16.5. The van der Waals surface area contributed by atoms with Crippen LogP contribution in [0.15, 0.2) is 38.6 Å². The van der Waals surface area contributed by atoms with Gasteiger partial charge >= 0.3 is 16.6 Å². The van der Waals surface area contributed by atoms with E-state index >= 15 is 0 Å². The van der Waals surface area contributed by atoms with E-state index in [1.807, 2.05) is 0 Å². The van der Waals surface area contributed by atoms with E-state index in [0.29, 0.717) is 22.0 Å². The van der Waals surface area contributed by atoms with Crippen molar-refractivity contribution in [2.75, 3.05) is 24.8 Å². The second kappa shape index (κ2) is 10.9. The number of aromatic amines is 1. The van der Waals surface area contributed by atoms with Gasteiger partial charge in [0.1, 0.15) is 10.8 Å². The Morgan fingerprint density at radius 2 is 1.97 bits per heavy atom. The fraction of sp³-hybridized carbons (Fsp3) is 0.391. The first-order valence-corrected chi connectivity index (χ1v) is 12.8. The number of hydrogen-bond acceptors (Lipinski definition) is 8. The van der Waals surface area contributed by atoms with Crippen molar-refractivity contribution in [1.82, 2.24) is 5.27 Å². The van der Waals surface area contributed by atoms with Gasteiger partial charge in [-0.1, -0.05) is 6.42 Å². The topological polar surface area (TPSA) is 115 Å². The van der Waals surface area contributed by atoms with Crippen LogP contribution in [0.4, 0.5) is 5.00 Å². The number of benzene rings is 1. The van der Waals surface area contributed by atoms with Gasteiger partial charge in [-0.05, 0) is 72.0 Å². The third kappa shape index (κ3) is 5.20. The molecule has 34 heavy (non-hydrogen) atoms. The highest BCUT2D eigenvalue weighted by Gasteiger charge is 2.28. The number of carbonyl (C=O) groups is 2. The maximum atomic E-state index is 12.8. The molecule has 1 aliphatic carbocycles. The van der Waals surface area contributed by atoms with Gasteiger partial charge in [-0.3, -0.25) is 9.32 Å². The number of anilines is 1. The van der Waals surface area contributed by atoms with Crippen LogP contribution >= 0.6 is 23.1 Å². The quantitative estimate of drug-likeness (QED) is 0.209. The summed E-state index contributed by atoms with van der Waals surface area (Å²) in [6.45, 7) is 2.03. The van der Waals surface area contributed by atoms with E-state index in [4.69, 9.17) is 14.0 Å². The van der Waals surface area contributed by atoms with Crippen LogP contribution in [-0.2, 0) is 22.4 Å². The van der Waals surface area contributed by atoms with E-state index in [-0.39, 0.29) is 23.3 Å². The van der Waals surface area contributed by atoms with E-state index in [0.717, 1.165) is 54.3 Å². The molecule has 1 aromatic carbocycles. The molecule has 2 N–H and O–H groups in total. The fourth-order valence-electron chi connectivity index (χ4n) is 3.83. The predicted molar refractivity (Wildman–Crippen MR) is 128 cm³/mol. The van der Waals surface area contributed by atoms with Gasteiger partial charge in [-0.25, -0.2) is 9.59 Å². The maximum Gasteiger partial charge on any atom is 0.442 e. The SMILES string of the molecule is CCOC(=O)c1c(NC(=O)CSc2c(=O)o[nH][n+]2-c2ccc(OC)cc2)sc2c1CCCCC2. The minimum absolute atomic E-state index is 0.0381. The number of ether oxygens (including phenoxy) is 2. The molecule has 0 fully saturated rings. The third-order valence-electron chi connectivity index (χ3n) is 5.43. The van der Waals surface area contributed by atoms with Crippen molar-refractivity contribution in [3.8, 4) is 11.4 Å². The summed E-state index contributed by atoms with van der Waals surface area (Å²) in [6.07, 6.45) is 4.89. The molecule has 0 spiro atoms. The Balaban J connectivity index is 1.51. The van der Waals surface area contributed by atoms with Gasteiger partial charge in [0.05, 0.1) is 25.0 Å². The second-order valence-electron chi connectivity index (χ2n) is 7.65. The van der Waals surface area contributed by atoms with E-state index in [2.05, 4.69) is 10.6 Å². The van der Waals surface area contributed by atoms with E-state index in [1.165, 1.54) is 16.0 Å². The number of thiophene rings is 1. The monoisotopic (exact) mass is 504 g/mol. The summed E-state index contributed by atoms with van der Waals surface area (Å²) in [5, 5.41) is 6.17. The van der Waals surface area contributed by atoms with Gasteiger partial charge in [-0.15, -0.1) is 11.3 Å². The minimum Gasteiger partial charge on any atom is -0.497 e. The Bertz CT molecular complexity index is 1230. The highest BCUT2D eigenvalue weighted by Crippen LogP contribution is 2.38. The van der Waals surface area contributed by atoms with Crippen molar-refractivity contribution in [2.24, 2.45) is 0 Å². The number of fused-ring (bicyclic) bond motifs is 1. The molecule has 180 valence electrons. The molecule has 9 nitrogen and oxygen atoms in total. The van der Waals surface area contributed by atoms with Crippen molar-refractivity contribution in [1.29, 1.82) is 0 Å². The van der Waals surface area contributed by atoms with Crippen LogP contribution in [0.5, 0.6) is 5.75 Å². The van der Waals surface area contributed by atoms with Crippen LogP contribution in [0.2, 0.25) is 0 Å². The third-order valence-corrected chi connectivity index (χ3v) is 7.67. The van der Waals surface area contributed by atoms with E-state index in [1.54, 1.807) is 38.3 Å². The fourth-order valence-corrected chi connectivity index (χ4v) is 5.90. The normalized spacial score (nSPS) is 13.1. The Morgan fingerprint density at radius 3 is 2.71 bits per heavy atom. The summed E-state index contributed by atoms with van der Waals surface area (Å²) in [7, 11) is 1.57. The molecule has 3 aromatic rings.